The Morgan fingerprint density at radius 1 is 1.00 bits per heavy atom. The number of ether oxygens (including phenoxy) is 1. The molecule has 2 aromatic carbocycles. The maximum absolute atomic E-state index is 5.81. The van der Waals surface area contributed by atoms with E-state index in [0.29, 0.717) is 5.88 Å². The summed E-state index contributed by atoms with van der Waals surface area (Å²) in [4.78, 5) is 8.47. The zero-order valence-electron chi connectivity index (χ0n) is 12.5. The molecule has 0 aliphatic heterocycles. The number of fused-ring (bicyclic) bond motifs is 1. The van der Waals surface area contributed by atoms with E-state index in [4.69, 9.17) is 10.5 Å². The lowest BCUT2D eigenvalue weighted by atomic mass is 10.0. The Morgan fingerprint density at radius 3 is 2.50 bits per heavy atom. The highest BCUT2D eigenvalue weighted by Gasteiger charge is 2.09. The van der Waals surface area contributed by atoms with E-state index in [1.807, 2.05) is 44.2 Å². The zero-order valence-corrected chi connectivity index (χ0v) is 13.3. The van der Waals surface area contributed by atoms with Crippen molar-refractivity contribution in [3.63, 3.8) is 0 Å². The van der Waals surface area contributed by atoms with Crippen molar-refractivity contribution in [2.75, 3.05) is 5.73 Å². The van der Waals surface area contributed by atoms with Crippen LogP contribution in [0.5, 0.6) is 5.88 Å². The van der Waals surface area contributed by atoms with Gasteiger partial charge in [-0.1, -0.05) is 42.5 Å². The Morgan fingerprint density at radius 2 is 1.73 bits per heavy atom. The summed E-state index contributed by atoms with van der Waals surface area (Å²) in [6, 6.07) is 16.1. The summed E-state index contributed by atoms with van der Waals surface area (Å²) in [6.07, 6.45) is 0.0414. The van der Waals surface area contributed by atoms with Gasteiger partial charge < -0.3 is 10.5 Å². The molecule has 0 aliphatic rings. The van der Waals surface area contributed by atoms with Gasteiger partial charge in [0, 0.05) is 11.6 Å². The maximum atomic E-state index is 5.81. The molecule has 1 aromatic heterocycles. The number of halogens is 1. The van der Waals surface area contributed by atoms with Gasteiger partial charge in [0.25, 0.3) is 0 Å². The zero-order chi connectivity index (χ0) is 14.8. The third-order valence-electron chi connectivity index (χ3n) is 3.14. The average Bonchev–Trinajstić information content (AvgIpc) is 2.45. The summed E-state index contributed by atoms with van der Waals surface area (Å²) in [5.74, 6) is 0.719. The highest BCUT2D eigenvalue weighted by atomic mass is 35.5. The molecule has 0 radical (unpaired) electrons. The molecule has 0 fully saturated rings. The third kappa shape index (κ3) is 3.28. The molecule has 2 N–H and O–H groups in total. The Bertz CT molecular complexity index is 784. The number of rotatable bonds is 3. The van der Waals surface area contributed by atoms with Gasteiger partial charge in [-0.2, -0.15) is 4.98 Å². The van der Waals surface area contributed by atoms with Gasteiger partial charge >= 0.3 is 0 Å². The average molecular weight is 316 g/mol. The van der Waals surface area contributed by atoms with Crippen LogP contribution in [0.25, 0.3) is 22.0 Å². The molecule has 22 heavy (non-hydrogen) atoms. The van der Waals surface area contributed by atoms with Crippen molar-refractivity contribution in [3.05, 3.63) is 48.5 Å². The minimum absolute atomic E-state index is 0. The van der Waals surface area contributed by atoms with Crippen LogP contribution in [0.15, 0.2) is 48.5 Å². The van der Waals surface area contributed by atoms with Crippen molar-refractivity contribution < 1.29 is 4.74 Å². The summed E-state index contributed by atoms with van der Waals surface area (Å²) in [5, 5.41) is 2.30. The van der Waals surface area contributed by atoms with E-state index in [9.17, 15) is 0 Å². The van der Waals surface area contributed by atoms with Crippen molar-refractivity contribution in [2.24, 2.45) is 0 Å². The standard InChI is InChI=1S/C17H17N3O.ClH/c1-11(2)21-16-10-15(19-17(18)20-16)14-9-5-7-12-6-3-4-8-13(12)14;/h3-11H,1-2H3,(H2,18,19,20);1H. The monoisotopic (exact) mass is 315 g/mol. The van der Waals surface area contributed by atoms with Gasteiger partial charge in [-0.3, -0.25) is 0 Å². The lowest BCUT2D eigenvalue weighted by Gasteiger charge is -2.11. The van der Waals surface area contributed by atoms with Gasteiger partial charge in [-0.25, -0.2) is 4.98 Å². The molecule has 0 atom stereocenters. The molecule has 114 valence electrons. The fourth-order valence-electron chi connectivity index (χ4n) is 2.33. The van der Waals surface area contributed by atoms with E-state index in [1.54, 1.807) is 0 Å². The molecule has 1 heterocycles. The Balaban J connectivity index is 0.00000176. The summed E-state index contributed by atoms with van der Waals surface area (Å²) < 4.78 is 5.64. The lowest BCUT2D eigenvalue weighted by molar-refractivity contribution is 0.233. The van der Waals surface area contributed by atoms with Gasteiger partial charge in [0.2, 0.25) is 11.8 Å². The largest absolute Gasteiger partial charge is 0.475 e. The first-order valence-electron chi connectivity index (χ1n) is 6.93. The van der Waals surface area contributed by atoms with Crippen molar-refractivity contribution in [3.8, 4) is 17.1 Å². The second-order valence-electron chi connectivity index (χ2n) is 5.14. The quantitative estimate of drug-likeness (QED) is 0.791. The van der Waals surface area contributed by atoms with Crippen LogP contribution in [0.1, 0.15) is 13.8 Å². The highest BCUT2D eigenvalue weighted by Crippen LogP contribution is 2.29. The fraction of sp³-hybridized carbons (Fsp3) is 0.176. The molecule has 0 spiro atoms. The van der Waals surface area contributed by atoms with Crippen LogP contribution in [-0.2, 0) is 0 Å². The molecule has 0 saturated carbocycles. The second-order valence-corrected chi connectivity index (χ2v) is 5.14. The van der Waals surface area contributed by atoms with Crippen molar-refractivity contribution >= 4 is 29.1 Å². The number of anilines is 1. The summed E-state index contributed by atoms with van der Waals surface area (Å²) in [6.45, 7) is 3.91. The normalized spacial score (nSPS) is 10.5. The number of benzene rings is 2. The minimum Gasteiger partial charge on any atom is -0.475 e. The smallest absolute Gasteiger partial charge is 0.223 e. The number of hydrogen-bond donors (Lipinski definition) is 1. The molecular weight excluding hydrogens is 298 g/mol. The Kier molecular flexibility index (Phi) is 4.83. The van der Waals surface area contributed by atoms with Gasteiger partial charge in [0.05, 0.1) is 11.8 Å². The fourth-order valence-corrected chi connectivity index (χ4v) is 2.33. The van der Waals surface area contributed by atoms with Gasteiger partial charge in [-0.05, 0) is 24.6 Å². The molecular formula is C17H18ClN3O. The molecule has 3 aromatic rings. The van der Waals surface area contributed by atoms with E-state index in [0.717, 1.165) is 16.6 Å². The first-order valence-corrected chi connectivity index (χ1v) is 6.93. The van der Waals surface area contributed by atoms with Crippen molar-refractivity contribution in [1.82, 2.24) is 9.97 Å². The first kappa shape index (κ1) is 16.0. The molecule has 0 bridgehead atoms. The molecule has 5 heteroatoms. The molecule has 0 amide bonds. The third-order valence-corrected chi connectivity index (χ3v) is 3.14. The maximum Gasteiger partial charge on any atom is 0.223 e. The lowest BCUT2D eigenvalue weighted by Crippen LogP contribution is -2.08. The summed E-state index contributed by atoms with van der Waals surface area (Å²) >= 11 is 0. The molecule has 0 saturated heterocycles. The molecule has 3 rings (SSSR count). The van der Waals surface area contributed by atoms with Crippen molar-refractivity contribution in [1.29, 1.82) is 0 Å². The van der Waals surface area contributed by atoms with Crippen LogP contribution < -0.4 is 10.5 Å². The number of nitrogen functional groups attached to an aromatic ring is 1. The molecule has 4 nitrogen and oxygen atoms in total. The molecule has 0 aliphatic carbocycles. The number of nitrogens with zero attached hydrogens (tertiary/aromatic N) is 2. The van der Waals surface area contributed by atoms with E-state index < -0.39 is 0 Å². The van der Waals surface area contributed by atoms with E-state index in [1.165, 1.54) is 5.39 Å². The second kappa shape index (κ2) is 6.62. The highest BCUT2D eigenvalue weighted by molar-refractivity contribution is 5.95. The van der Waals surface area contributed by atoms with Gasteiger partial charge in [0.15, 0.2) is 0 Å². The SMILES string of the molecule is CC(C)Oc1cc(-c2cccc3ccccc23)nc(N)n1.Cl. The van der Waals surface area contributed by atoms with Gasteiger partial charge in [-0.15, -0.1) is 12.4 Å². The first-order chi connectivity index (χ1) is 10.1. The van der Waals surface area contributed by atoms with Crippen LogP contribution in [0.4, 0.5) is 5.95 Å². The van der Waals surface area contributed by atoms with Crippen LogP contribution in [0.2, 0.25) is 0 Å². The number of hydrogen-bond acceptors (Lipinski definition) is 4. The van der Waals surface area contributed by atoms with Crippen LogP contribution in [0, 0.1) is 0 Å². The Labute approximate surface area is 135 Å². The van der Waals surface area contributed by atoms with Crippen LogP contribution >= 0.6 is 12.4 Å². The van der Waals surface area contributed by atoms with Crippen LogP contribution in [0.3, 0.4) is 0 Å². The number of nitrogens with two attached hydrogens (primary N) is 1. The summed E-state index contributed by atoms with van der Waals surface area (Å²) in [7, 11) is 0. The predicted molar refractivity (Wildman–Crippen MR) is 92.4 cm³/mol. The van der Waals surface area contributed by atoms with Crippen LogP contribution in [-0.4, -0.2) is 16.1 Å². The predicted octanol–water partition coefficient (Wildman–Crippen LogP) is 4.09. The topological polar surface area (TPSA) is 61.0 Å². The Hall–Kier alpha value is -2.33. The minimum atomic E-state index is 0. The summed E-state index contributed by atoms with van der Waals surface area (Å²) in [5.41, 5.74) is 7.61. The van der Waals surface area contributed by atoms with E-state index in [2.05, 4.69) is 28.2 Å². The van der Waals surface area contributed by atoms with E-state index in [-0.39, 0.29) is 24.5 Å². The van der Waals surface area contributed by atoms with Gasteiger partial charge in [0.1, 0.15) is 0 Å². The molecule has 0 unspecified atom stereocenters. The van der Waals surface area contributed by atoms with Crippen molar-refractivity contribution in [2.45, 2.75) is 20.0 Å². The number of aromatic nitrogens is 2. The van der Waals surface area contributed by atoms with E-state index >= 15 is 0 Å².